The molecule has 1 heterocycles. The van der Waals surface area contributed by atoms with E-state index in [0.29, 0.717) is 12.1 Å². The lowest BCUT2D eigenvalue weighted by molar-refractivity contribution is 0.112. The van der Waals surface area contributed by atoms with Gasteiger partial charge < -0.3 is 10.0 Å². The summed E-state index contributed by atoms with van der Waals surface area (Å²) in [7, 11) is 4.05. The van der Waals surface area contributed by atoms with Gasteiger partial charge in [-0.05, 0) is 27.9 Å². The summed E-state index contributed by atoms with van der Waals surface area (Å²) in [6.45, 7) is 6.15. The second kappa shape index (κ2) is 3.73. The summed E-state index contributed by atoms with van der Waals surface area (Å²) in [6.07, 6.45) is -0.178. The number of likely N-dealkylation sites (N-methyl/N-ethyl adjacent to an activating group) is 1. The molecule has 0 unspecified atom stereocenters. The maximum atomic E-state index is 9.70. The van der Waals surface area contributed by atoms with Crippen molar-refractivity contribution in [3.63, 3.8) is 0 Å². The molecule has 1 fully saturated rings. The molecule has 1 aliphatic heterocycles. The third-order valence-electron chi connectivity index (χ3n) is 2.68. The molecule has 0 aromatic heterocycles. The van der Waals surface area contributed by atoms with Gasteiger partial charge in [-0.3, -0.25) is 4.90 Å². The highest BCUT2D eigenvalue weighted by Crippen LogP contribution is 2.16. The quantitative estimate of drug-likeness (QED) is 0.635. The molecule has 1 aliphatic rings. The number of aliphatic hydroxyl groups is 1. The van der Waals surface area contributed by atoms with Crippen LogP contribution in [0.1, 0.15) is 13.8 Å². The van der Waals surface area contributed by atoms with Gasteiger partial charge in [0.15, 0.2) is 0 Å². The van der Waals surface area contributed by atoms with E-state index in [1.807, 2.05) is 14.1 Å². The predicted molar refractivity (Wildman–Crippen MR) is 50.2 cm³/mol. The van der Waals surface area contributed by atoms with Crippen LogP contribution in [0.3, 0.4) is 0 Å². The fourth-order valence-electron chi connectivity index (χ4n) is 1.73. The van der Waals surface area contributed by atoms with Crippen LogP contribution >= 0.6 is 0 Å². The maximum absolute atomic E-state index is 9.70. The SMILES string of the molecule is CC(C)N1C[C@@H](O)[C@H](N(C)C)C1. The second-order valence-corrected chi connectivity index (χ2v) is 4.15. The van der Waals surface area contributed by atoms with E-state index >= 15 is 0 Å². The highest BCUT2D eigenvalue weighted by atomic mass is 16.3. The highest BCUT2D eigenvalue weighted by Gasteiger charge is 2.33. The molecule has 0 aromatic rings. The third kappa shape index (κ3) is 1.97. The van der Waals surface area contributed by atoms with Gasteiger partial charge in [-0.2, -0.15) is 0 Å². The van der Waals surface area contributed by atoms with Crippen LogP contribution in [0.4, 0.5) is 0 Å². The number of hydrogen-bond acceptors (Lipinski definition) is 3. The molecule has 1 N–H and O–H groups in total. The second-order valence-electron chi connectivity index (χ2n) is 4.15. The van der Waals surface area contributed by atoms with Gasteiger partial charge in [0.1, 0.15) is 0 Å². The van der Waals surface area contributed by atoms with Crippen LogP contribution in [0.15, 0.2) is 0 Å². The average Bonchev–Trinajstić information content (AvgIpc) is 2.30. The Morgan fingerprint density at radius 1 is 1.33 bits per heavy atom. The van der Waals surface area contributed by atoms with E-state index in [-0.39, 0.29) is 6.10 Å². The fraction of sp³-hybridized carbons (Fsp3) is 1.00. The Morgan fingerprint density at radius 2 is 1.92 bits per heavy atom. The minimum atomic E-state index is -0.178. The van der Waals surface area contributed by atoms with E-state index in [2.05, 4.69) is 23.6 Å². The molecule has 0 saturated carbocycles. The van der Waals surface area contributed by atoms with Gasteiger partial charge in [-0.25, -0.2) is 0 Å². The topological polar surface area (TPSA) is 26.7 Å². The van der Waals surface area contributed by atoms with Crippen molar-refractivity contribution in [2.24, 2.45) is 0 Å². The Bertz CT molecular complexity index is 147. The molecule has 0 aromatic carbocycles. The van der Waals surface area contributed by atoms with Gasteiger partial charge in [0.25, 0.3) is 0 Å². The summed E-state index contributed by atoms with van der Waals surface area (Å²) in [5.41, 5.74) is 0. The zero-order chi connectivity index (χ0) is 9.30. The summed E-state index contributed by atoms with van der Waals surface area (Å²) in [4.78, 5) is 4.42. The lowest BCUT2D eigenvalue weighted by atomic mass is 10.2. The number of aliphatic hydroxyl groups excluding tert-OH is 1. The van der Waals surface area contributed by atoms with Crippen LogP contribution in [-0.2, 0) is 0 Å². The molecule has 0 radical (unpaired) electrons. The van der Waals surface area contributed by atoms with Gasteiger partial charge in [-0.1, -0.05) is 0 Å². The zero-order valence-corrected chi connectivity index (χ0v) is 8.49. The molecule has 0 aliphatic carbocycles. The van der Waals surface area contributed by atoms with Crippen LogP contribution in [0, 0.1) is 0 Å². The first-order valence-corrected chi connectivity index (χ1v) is 4.61. The summed E-state index contributed by atoms with van der Waals surface area (Å²) in [6, 6.07) is 0.858. The van der Waals surface area contributed by atoms with Gasteiger partial charge in [-0.15, -0.1) is 0 Å². The van der Waals surface area contributed by atoms with Crippen LogP contribution in [0.2, 0.25) is 0 Å². The van der Waals surface area contributed by atoms with Gasteiger partial charge in [0.2, 0.25) is 0 Å². The van der Waals surface area contributed by atoms with Crippen molar-refractivity contribution >= 4 is 0 Å². The average molecular weight is 172 g/mol. The molecule has 3 heteroatoms. The summed E-state index contributed by atoms with van der Waals surface area (Å²) in [5, 5.41) is 9.70. The zero-order valence-electron chi connectivity index (χ0n) is 8.49. The van der Waals surface area contributed by atoms with E-state index < -0.39 is 0 Å². The van der Waals surface area contributed by atoms with E-state index in [1.165, 1.54) is 0 Å². The number of rotatable bonds is 2. The van der Waals surface area contributed by atoms with E-state index in [0.717, 1.165) is 13.1 Å². The molecule has 1 saturated heterocycles. The van der Waals surface area contributed by atoms with Crippen molar-refractivity contribution in [1.29, 1.82) is 0 Å². The Hall–Kier alpha value is -0.120. The Morgan fingerprint density at radius 3 is 2.17 bits per heavy atom. The molecule has 1 rings (SSSR count). The van der Waals surface area contributed by atoms with Crippen LogP contribution in [0.5, 0.6) is 0 Å². The first-order chi connectivity index (χ1) is 5.52. The van der Waals surface area contributed by atoms with E-state index in [1.54, 1.807) is 0 Å². The minimum Gasteiger partial charge on any atom is -0.390 e. The highest BCUT2D eigenvalue weighted by molar-refractivity contribution is 4.89. The molecule has 0 amide bonds. The van der Waals surface area contributed by atoms with Gasteiger partial charge >= 0.3 is 0 Å². The first-order valence-electron chi connectivity index (χ1n) is 4.61. The summed E-state index contributed by atoms with van der Waals surface area (Å²) >= 11 is 0. The Balaban J connectivity index is 2.50. The van der Waals surface area contributed by atoms with Crippen molar-refractivity contribution in [2.75, 3.05) is 27.2 Å². The Labute approximate surface area is 75.0 Å². The molecule has 2 atom stereocenters. The molecule has 12 heavy (non-hydrogen) atoms. The largest absolute Gasteiger partial charge is 0.390 e. The molecule has 0 spiro atoms. The smallest absolute Gasteiger partial charge is 0.0834 e. The predicted octanol–water partition coefficient (Wildman–Crippen LogP) is 0.00150. The fourth-order valence-corrected chi connectivity index (χ4v) is 1.73. The maximum Gasteiger partial charge on any atom is 0.0834 e. The summed E-state index contributed by atoms with van der Waals surface area (Å²) < 4.78 is 0. The van der Waals surface area contributed by atoms with Crippen LogP contribution < -0.4 is 0 Å². The van der Waals surface area contributed by atoms with Crippen molar-refractivity contribution in [3.05, 3.63) is 0 Å². The lowest BCUT2D eigenvalue weighted by Gasteiger charge is -2.23. The van der Waals surface area contributed by atoms with Crippen LogP contribution in [-0.4, -0.2) is 60.3 Å². The van der Waals surface area contributed by atoms with Gasteiger partial charge in [0.05, 0.1) is 6.10 Å². The molecule has 3 nitrogen and oxygen atoms in total. The first kappa shape index (κ1) is 9.96. The van der Waals surface area contributed by atoms with Crippen molar-refractivity contribution in [3.8, 4) is 0 Å². The molecular weight excluding hydrogens is 152 g/mol. The normalized spacial score (nSPS) is 32.2. The van der Waals surface area contributed by atoms with Crippen LogP contribution in [0.25, 0.3) is 0 Å². The van der Waals surface area contributed by atoms with Crippen molar-refractivity contribution in [2.45, 2.75) is 32.0 Å². The standard InChI is InChI=1S/C9H20N2O/c1-7(2)11-5-8(10(3)4)9(12)6-11/h7-9,12H,5-6H2,1-4H3/t8-,9-/m1/s1. The monoisotopic (exact) mass is 172 g/mol. The molecule has 0 bridgehead atoms. The lowest BCUT2D eigenvalue weighted by Crippen LogP contribution is -2.38. The number of likely N-dealkylation sites (tertiary alicyclic amines) is 1. The molecule has 72 valence electrons. The van der Waals surface area contributed by atoms with E-state index in [9.17, 15) is 5.11 Å². The molecular formula is C9H20N2O. The Kier molecular flexibility index (Phi) is 3.09. The number of β-amino-alcohol motifs (C(OH)–C–C–N with tert-alkyl or cyclic N) is 1. The number of hydrogen-bond donors (Lipinski definition) is 1. The van der Waals surface area contributed by atoms with E-state index in [4.69, 9.17) is 0 Å². The van der Waals surface area contributed by atoms with Crippen molar-refractivity contribution < 1.29 is 5.11 Å². The van der Waals surface area contributed by atoms with Crippen molar-refractivity contribution in [1.82, 2.24) is 9.80 Å². The number of nitrogens with zero attached hydrogens (tertiary/aromatic N) is 2. The minimum absolute atomic E-state index is 0.178. The van der Waals surface area contributed by atoms with Gasteiger partial charge in [0, 0.05) is 25.2 Å². The third-order valence-corrected chi connectivity index (χ3v) is 2.68. The summed E-state index contributed by atoms with van der Waals surface area (Å²) in [5.74, 6) is 0.